The van der Waals surface area contributed by atoms with Crippen molar-refractivity contribution in [3.8, 4) is 11.4 Å². The van der Waals surface area contributed by atoms with E-state index in [-0.39, 0.29) is 12.1 Å². The smallest absolute Gasteiger partial charge is 0.318 e. The van der Waals surface area contributed by atoms with Gasteiger partial charge in [0.2, 0.25) is 11.7 Å². The maximum atomic E-state index is 12.8. The van der Waals surface area contributed by atoms with Crippen molar-refractivity contribution in [1.82, 2.24) is 20.4 Å². The van der Waals surface area contributed by atoms with Crippen molar-refractivity contribution in [2.45, 2.75) is 38.8 Å². The molecule has 1 saturated heterocycles. The quantitative estimate of drug-likeness (QED) is 0.729. The van der Waals surface area contributed by atoms with E-state index in [0.717, 1.165) is 36.0 Å². The maximum absolute atomic E-state index is 12.8. The number of aryl methyl sites for hydroxylation is 1. The van der Waals surface area contributed by atoms with Crippen molar-refractivity contribution in [3.63, 3.8) is 0 Å². The maximum Gasteiger partial charge on any atom is 0.318 e. The highest BCUT2D eigenvalue weighted by Gasteiger charge is 2.32. The van der Waals surface area contributed by atoms with Crippen LogP contribution in [0.1, 0.15) is 42.3 Å². The fraction of sp³-hybridized carbons (Fsp3) is 0.318. The molecule has 3 aromatic rings. The van der Waals surface area contributed by atoms with Gasteiger partial charge >= 0.3 is 6.03 Å². The van der Waals surface area contributed by atoms with E-state index in [1.54, 1.807) is 0 Å². The van der Waals surface area contributed by atoms with Crippen molar-refractivity contribution >= 4 is 6.03 Å². The Hall–Kier alpha value is -3.15. The standard InChI is InChI=1S/C22H24N4O2/c1-16-8-7-11-18(14-16)20-24-21(28-25-20)19-12-5-6-13-26(19)22(27)23-15-17-9-3-2-4-10-17/h2-4,7-11,14,19H,5-6,12-13,15H2,1H3,(H,23,27). The van der Waals surface area contributed by atoms with Crippen LogP contribution in [-0.2, 0) is 6.54 Å². The molecule has 28 heavy (non-hydrogen) atoms. The molecule has 1 aliphatic rings. The molecule has 2 amide bonds. The van der Waals surface area contributed by atoms with Crippen LogP contribution >= 0.6 is 0 Å². The lowest BCUT2D eigenvalue weighted by Gasteiger charge is -2.33. The topological polar surface area (TPSA) is 71.3 Å². The Bertz CT molecular complexity index is 938. The first-order valence-electron chi connectivity index (χ1n) is 9.70. The number of hydrogen-bond acceptors (Lipinski definition) is 4. The summed E-state index contributed by atoms with van der Waals surface area (Å²) in [7, 11) is 0. The molecular weight excluding hydrogens is 352 g/mol. The molecule has 6 nitrogen and oxygen atoms in total. The zero-order valence-electron chi connectivity index (χ0n) is 16.0. The summed E-state index contributed by atoms with van der Waals surface area (Å²) in [5.74, 6) is 1.07. The molecule has 0 spiro atoms. The Balaban J connectivity index is 1.48. The molecule has 0 bridgehead atoms. The van der Waals surface area contributed by atoms with Gasteiger partial charge in [0.1, 0.15) is 6.04 Å². The number of benzene rings is 2. The van der Waals surface area contributed by atoms with Crippen molar-refractivity contribution in [2.75, 3.05) is 6.54 Å². The molecule has 1 unspecified atom stereocenters. The molecule has 0 radical (unpaired) electrons. The second-order valence-electron chi connectivity index (χ2n) is 7.17. The number of rotatable bonds is 4. The molecule has 1 aliphatic heterocycles. The van der Waals surface area contributed by atoms with Gasteiger partial charge in [0.25, 0.3) is 0 Å². The zero-order valence-corrected chi connectivity index (χ0v) is 16.0. The van der Waals surface area contributed by atoms with Crippen LogP contribution in [0, 0.1) is 6.92 Å². The van der Waals surface area contributed by atoms with Crippen LogP contribution in [0.4, 0.5) is 4.79 Å². The lowest BCUT2D eigenvalue weighted by atomic mass is 10.0. The predicted octanol–water partition coefficient (Wildman–Crippen LogP) is 4.48. The molecule has 1 atom stereocenters. The Labute approximate surface area is 164 Å². The third-order valence-corrected chi connectivity index (χ3v) is 5.05. The zero-order chi connectivity index (χ0) is 19.3. The van der Waals surface area contributed by atoms with Gasteiger partial charge in [-0.3, -0.25) is 0 Å². The van der Waals surface area contributed by atoms with E-state index in [0.29, 0.717) is 24.8 Å². The molecule has 0 aliphatic carbocycles. The number of amides is 2. The van der Waals surface area contributed by atoms with Gasteiger partial charge in [0.15, 0.2) is 0 Å². The van der Waals surface area contributed by atoms with Gasteiger partial charge < -0.3 is 14.7 Å². The number of carbonyl (C=O) groups is 1. The summed E-state index contributed by atoms with van der Waals surface area (Å²) in [6.07, 6.45) is 2.84. The van der Waals surface area contributed by atoms with Crippen LogP contribution in [0.3, 0.4) is 0 Å². The molecule has 1 fully saturated rings. The number of urea groups is 1. The first-order chi connectivity index (χ1) is 13.7. The molecule has 144 valence electrons. The number of nitrogens with zero attached hydrogens (tertiary/aromatic N) is 3. The molecule has 1 N–H and O–H groups in total. The van der Waals surface area contributed by atoms with Crippen molar-refractivity contribution in [2.24, 2.45) is 0 Å². The average Bonchev–Trinajstić information content (AvgIpc) is 3.23. The minimum absolute atomic E-state index is 0.0936. The van der Waals surface area contributed by atoms with Crippen LogP contribution in [0.2, 0.25) is 0 Å². The number of nitrogens with one attached hydrogen (secondary N) is 1. The second-order valence-corrected chi connectivity index (χ2v) is 7.17. The normalized spacial score (nSPS) is 16.8. The third kappa shape index (κ3) is 4.06. The first kappa shape index (κ1) is 18.2. The second kappa shape index (κ2) is 8.25. The number of aromatic nitrogens is 2. The summed E-state index contributed by atoms with van der Waals surface area (Å²) in [5.41, 5.74) is 3.14. The summed E-state index contributed by atoms with van der Waals surface area (Å²) >= 11 is 0. The minimum Gasteiger partial charge on any atom is -0.337 e. The van der Waals surface area contributed by atoms with E-state index >= 15 is 0 Å². The fourth-order valence-electron chi connectivity index (χ4n) is 3.58. The first-order valence-corrected chi connectivity index (χ1v) is 9.70. The van der Waals surface area contributed by atoms with Gasteiger partial charge in [-0.25, -0.2) is 4.79 Å². The summed E-state index contributed by atoms with van der Waals surface area (Å²) in [5, 5.41) is 7.16. The van der Waals surface area contributed by atoms with E-state index in [9.17, 15) is 4.79 Å². The summed E-state index contributed by atoms with van der Waals surface area (Å²) in [6, 6.07) is 17.6. The summed E-state index contributed by atoms with van der Waals surface area (Å²) < 4.78 is 5.56. The molecule has 2 aromatic carbocycles. The van der Waals surface area contributed by atoms with Crippen molar-refractivity contribution in [1.29, 1.82) is 0 Å². The van der Waals surface area contributed by atoms with Gasteiger partial charge in [0, 0.05) is 18.7 Å². The van der Waals surface area contributed by atoms with Gasteiger partial charge in [-0.1, -0.05) is 59.3 Å². The highest BCUT2D eigenvalue weighted by atomic mass is 16.5. The number of likely N-dealkylation sites (tertiary alicyclic amines) is 1. The number of piperidine rings is 1. The number of hydrogen-bond donors (Lipinski definition) is 1. The van der Waals surface area contributed by atoms with Gasteiger partial charge in [0.05, 0.1) is 0 Å². The largest absolute Gasteiger partial charge is 0.337 e. The average molecular weight is 376 g/mol. The van der Waals surface area contributed by atoms with Gasteiger partial charge in [-0.15, -0.1) is 0 Å². The number of carbonyl (C=O) groups excluding carboxylic acids is 1. The van der Waals surface area contributed by atoms with E-state index < -0.39 is 0 Å². The third-order valence-electron chi connectivity index (χ3n) is 5.05. The Kier molecular flexibility index (Phi) is 5.37. The van der Waals surface area contributed by atoms with Gasteiger partial charge in [-0.2, -0.15) is 4.98 Å². The van der Waals surface area contributed by atoms with E-state index in [1.807, 2.05) is 66.4 Å². The summed E-state index contributed by atoms with van der Waals surface area (Å²) in [4.78, 5) is 19.2. The predicted molar refractivity (Wildman–Crippen MR) is 106 cm³/mol. The highest BCUT2D eigenvalue weighted by molar-refractivity contribution is 5.74. The van der Waals surface area contributed by atoms with E-state index in [4.69, 9.17) is 4.52 Å². The lowest BCUT2D eigenvalue weighted by molar-refractivity contribution is 0.131. The van der Waals surface area contributed by atoms with E-state index in [1.165, 1.54) is 0 Å². The van der Waals surface area contributed by atoms with Crippen LogP contribution in [0.25, 0.3) is 11.4 Å². The molecule has 1 aromatic heterocycles. The highest BCUT2D eigenvalue weighted by Crippen LogP contribution is 2.31. The molecule has 0 saturated carbocycles. The molecule has 6 heteroatoms. The molecule has 4 rings (SSSR count). The molecule has 2 heterocycles. The minimum atomic E-state index is -0.185. The molecular formula is C22H24N4O2. The fourth-order valence-corrected chi connectivity index (χ4v) is 3.58. The van der Waals surface area contributed by atoms with Gasteiger partial charge in [-0.05, 0) is 37.8 Å². The van der Waals surface area contributed by atoms with Crippen LogP contribution < -0.4 is 5.32 Å². The lowest BCUT2D eigenvalue weighted by Crippen LogP contribution is -2.44. The van der Waals surface area contributed by atoms with Crippen LogP contribution in [0.15, 0.2) is 59.1 Å². The Morgan fingerprint density at radius 3 is 2.86 bits per heavy atom. The SMILES string of the molecule is Cc1cccc(-c2noc(C3CCCCN3C(=O)NCc3ccccc3)n2)c1. The summed E-state index contributed by atoms with van der Waals surface area (Å²) in [6.45, 7) is 3.22. The van der Waals surface area contributed by atoms with Crippen LogP contribution in [0.5, 0.6) is 0 Å². The van der Waals surface area contributed by atoms with Crippen molar-refractivity contribution < 1.29 is 9.32 Å². The van der Waals surface area contributed by atoms with E-state index in [2.05, 4.69) is 15.5 Å². The van der Waals surface area contributed by atoms with Crippen molar-refractivity contribution in [3.05, 3.63) is 71.6 Å². The van der Waals surface area contributed by atoms with Crippen LogP contribution in [-0.4, -0.2) is 27.6 Å². The Morgan fingerprint density at radius 2 is 2.04 bits per heavy atom. The Morgan fingerprint density at radius 1 is 1.18 bits per heavy atom. The monoisotopic (exact) mass is 376 g/mol.